The van der Waals surface area contributed by atoms with Gasteiger partial charge in [0.15, 0.2) is 0 Å². The van der Waals surface area contributed by atoms with Crippen LogP contribution >= 0.6 is 0 Å². The van der Waals surface area contributed by atoms with E-state index < -0.39 is 47.6 Å². The molecule has 0 aromatic carbocycles. The fraction of sp³-hybridized carbons (Fsp3) is 0.800. The van der Waals surface area contributed by atoms with Crippen LogP contribution in [-0.4, -0.2) is 39.7 Å². The molecule has 0 aromatic heterocycles. The van der Waals surface area contributed by atoms with Gasteiger partial charge in [0.2, 0.25) is 0 Å². The molecule has 0 aliphatic heterocycles. The van der Waals surface area contributed by atoms with Crippen LogP contribution in [0.5, 0.6) is 0 Å². The second kappa shape index (κ2) is 4.85. The highest BCUT2D eigenvalue weighted by molar-refractivity contribution is 8.12. The van der Waals surface area contributed by atoms with Crippen LogP contribution in [0.2, 0.25) is 0 Å². The summed E-state index contributed by atoms with van der Waals surface area (Å²) in [7, 11) is -14.7. The average Bonchev–Trinajstić information content (AvgIpc) is 2.11. The first-order valence-electron chi connectivity index (χ1n) is 3.94. The van der Waals surface area contributed by atoms with Crippen LogP contribution in [0.4, 0.5) is 43.9 Å². The van der Waals surface area contributed by atoms with Crippen molar-refractivity contribution in [1.29, 1.82) is 0 Å². The Bertz CT molecular complexity index is 540. The third-order valence-electron chi connectivity index (χ3n) is 1.63. The molecule has 0 atom stereocenters. The molecule has 0 radical (unpaired) electrons. The maximum absolute atomic E-state index is 12.4. The largest absolute Gasteiger partial charge is 0.466 e. The zero-order valence-electron chi connectivity index (χ0n) is 8.81. The molecule has 4 nitrogen and oxygen atoms in total. The summed E-state index contributed by atoms with van der Waals surface area (Å²) in [5.41, 5.74) is 0. The topological polar surface area (TPSA) is 68.3 Å². The number of hydrogen-bond acceptors (Lipinski definition) is 4. The Morgan fingerprint density at radius 1 is 0.524 bits per heavy atom. The molecule has 0 aliphatic rings. The van der Waals surface area contributed by atoms with Crippen LogP contribution < -0.4 is 0 Å². The van der Waals surface area contributed by atoms with Gasteiger partial charge < -0.3 is 0 Å². The summed E-state index contributed by atoms with van der Waals surface area (Å²) in [4.78, 5) is 0. The zero-order chi connectivity index (χ0) is 17.7. The highest BCUT2D eigenvalue weighted by atomic mass is 32.3. The second-order valence-corrected chi connectivity index (χ2v) is 7.19. The fourth-order valence-electron chi connectivity index (χ4n) is 0.610. The number of rotatable bonds is 4. The Hall–Kier alpha value is -0.800. The number of halogens is 10. The van der Waals surface area contributed by atoms with E-state index in [9.17, 15) is 60.7 Å². The minimum atomic E-state index is -7.37. The van der Waals surface area contributed by atoms with Crippen molar-refractivity contribution in [3.63, 3.8) is 0 Å². The lowest BCUT2D eigenvalue weighted by atomic mass is 10.7. The van der Waals surface area contributed by atoms with E-state index in [0.717, 1.165) is 0 Å². The predicted molar refractivity (Wildman–Crippen MR) is 44.1 cm³/mol. The van der Waals surface area contributed by atoms with E-state index in [1.165, 1.54) is 0 Å². The summed E-state index contributed by atoms with van der Waals surface area (Å²) in [6.45, 7) is 0. The van der Waals surface area contributed by atoms with Crippen molar-refractivity contribution in [2.24, 2.45) is 0 Å². The highest BCUT2D eigenvalue weighted by Crippen LogP contribution is 2.46. The van der Waals surface area contributed by atoms with Crippen molar-refractivity contribution in [3.8, 4) is 0 Å². The van der Waals surface area contributed by atoms with Gasteiger partial charge in [-0.05, 0) is 0 Å². The lowest BCUT2D eigenvalue weighted by molar-refractivity contribution is -0.241. The van der Waals surface area contributed by atoms with E-state index in [1.54, 1.807) is 0 Å². The predicted octanol–water partition coefficient (Wildman–Crippen LogP) is 2.25. The van der Waals surface area contributed by atoms with Crippen molar-refractivity contribution in [1.82, 2.24) is 0 Å². The van der Waals surface area contributed by atoms with Gasteiger partial charge in [-0.25, -0.2) is 0 Å². The Labute approximate surface area is 109 Å². The zero-order valence-corrected chi connectivity index (χ0v) is 10.4. The molecule has 0 saturated carbocycles. The van der Waals surface area contributed by atoms with E-state index in [0.29, 0.717) is 0 Å². The van der Waals surface area contributed by atoms with Crippen LogP contribution in [0.1, 0.15) is 0 Å². The van der Waals surface area contributed by atoms with Gasteiger partial charge in [-0.15, -0.1) is 0 Å². The van der Waals surface area contributed by atoms with Crippen LogP contribution in [0.25, 0.3) is 0 Å². The van der Waals surface area contributed by atoms with Gasteiger partial charge in [-0.3, -0.25) is 16.8 Å². The van der Waals surface area contributed by atoms with Gasteiger partial charge in [-0.2, -0.15) is 43.9 Å². The Balaban J connectivity index is 5.91. The highest BCUT2D eigenvalue weighted by Gasteiger charge is 2.68. The lowest BCUT2D eigenvalue weighted by Crippen LogP contribution is -2.49. The average molecular weight is 379 g/mol. The van der Waals surface area contributed by atoms with Gasteiger partial charge in [0.25, 0.3) is 0 Å². The minimum Gasteiger partial charge on any atom is -0.255 e. The quantitative estimate of drug-likeness (QED) is 0.555. The maximum Gasteiger partial charge on any atom is 0.466 e. The van der Waals surface area contributed by atoms with Crippen molar-refractivity contribution in [2.45, 2.75) is 22.9 Å². The Morgan fingerprint density at radius 3 is 0.857 bits per heavy atom. The lowest BCUT2D eigenvalue weighted by Gasteiger charge is -2.28. The van der Waals surface area contributed by atoms with E-state index in [4.69, 9.17) is 0 Å². The molecule has 0 rings (SSSR count). The Morgan fingerprint density at radius 2 is 0.714 bits per heavy atom. The van der Waals surface area contributed by atoms with Crippen LogP contribution in [-0.2, 0) is 19.7 Å². The first kappa shape index (κ1) is 20.2. The molecule has 0 bridgehead atoms. The Kier molecular flexibility index (Phi) is 4.67. The van der Waals surface area contributed by atoms with E-state index >= 15 is 0 Å². The molecule has 21 heavy (non-hydrogen) atoms. The summed E-state index contributed by atoms with van der Waals surface area (Å²) >= 11 is 0. The van der Waals surface area contributed by atoms with Crippen LogP contribution in [0, 0.1) is 5.08 Å². The number of sulfone groups is 2. The molecule has 0 aliphatic carbocycles. The number of hydrogen-bond donors (Lipinski definition) is 0. The van der Waals surface area contributed by atoms with E-state index in [2.05, 4.69) is 0 Å². The smallest absolute Gasteiger partial charge is 0.255 e. The summed E-state index contributed by atoms with van der Waals surface area (Å²) in [6, 6.07) is 0. The first-order valence-corrected chi connectivity index (χ1v) is 7.03. The van der Waals surface area contributed by atoms with E-state index in [-0.39, 0.29) is 0 Å². The summed E-state index contributed by atoms with van der Waals surface area (Å²) in [6.07, 6.45) is -13.9. The summed E-state index contributed by atoms with van der Waals surface area (Å²) in [5.74, 6) is 0. The molecule has 128 valence electrons. The van der Waals surface area contributed by atoms with Crippen LogP contribution in [0.3, 0.4) is 0 Å². The molecule has 0 saturated heterocycles. The van der Waals surface area contributed by atoms with Gasteiger partial charge in [0.05, 0.1) is 0 Å². The maximum atomic E-state index is 12.4. The third-order valence-corrected chi connectivity index (χ3v) is 5.55. The minimum absolute atomic E-state index is 2.36. The van der Waals surface area contributed by atoms with Gasteiger partial charge in [0.1, 0.15) is 19.7 Å². The van der Waals surface area contributed by atoms with Crippen molar-refractivity contribution in [3.05, 3.63) is 5.08 Å². The molecule has 0 unspecified atom stereocenters. The monoisotopic (exact) mass is 379 g/mol. The standard InChI is InChI=1S/C5HF10O4S2/c6-2(7,8)4(12,13)20(16,17)1-21(18,19)5(14,15)3(9,10)11/h1H/q-1. The van der Waals surface area contributed by atoms with E-state index in [1.807, 2.05) is 0 Å². The molecule has 0 spiro atoms. The molecule has 0 N–H and O–H groups in total. The fourth-order valence-corrected chi connectivity index (χ4v) is 3.56. The molecule has 0 amide bonds. The van der Waals surface area contributed by atoms with Crippen molar-refractivity contribution < 1.29 is 60.7 Å². The van der Waals surface area contributed by atoms with Gasteiger partial charge in [-0.1, -0.05) is 5.08 Å². The molecular weight excluding hydrogens is 378 g/mol. The van der Waals surface area contributed by atoms with Gasteiger partial charge >= 0.3 is 22.9 Å². The molecular formula is C5HF10O4S2-. The van der Waals surface area contributed by atoms with Crippen molar-refractivity contribution >= 4 is 19.7 Å². The number of alkyl halides is 10. The summed E-state index contributed by atoms with van der Waals surface area (Å²) < 4.78 is 162. The second-order valence-electron chi connectivity index (χ2n) is 3.22. The van der Waals surface area contributed by atoms with Crippen molar-refractivity contribution in [2.75, 3.05) is 0 Å². The molecule has 0 aromatic rings. The first-order chi connectivity index (χ1) is 8.71. The van der Waals surface area contributed by atoms with Gasteiger partial charge in [0, 0.05) is 0 Å². The SMILES string of the molecule is O=S(=O)([CH-]S(=O)(=O)C(F)(F)C(F)(F)F)C(F)(F)C(F)(F)F. The summed E-state index contributed by atoms with van der Waals surface area (Å²) in [5, 5.41) is -16.1. The molecule has 0 fully saturated rings. The normalized spacial score (nSPS) is 16.1. The van der Waals surface area contributed by atoms with Crippen LogP contribution in [0.15, 0.2) is 0 Å². The molecule has 0 heterocycles. The molecule has 16 heteroatoms. The third kappa shape index (κ3) is 3.35.